The third kappa shape index (κ3) is 7.90. The second-order valence-corrected chi connectivity index (χ2v) is 10.5. The minimum absolute atomic E-state index is 0.0216. The van der Waals surface area contributed by atoms with Crippen molar-refractivity contribution in [2.24, 2.45) is 11.8 Å². The van der Waals surface area contributed by atoms with Crippen LogP contribution >= 0.6 is 0 Å². The van der Waals surface area contributed by atoms with Crippen LogP contribution in [0.25, 0.3) is 6.08 Å². The molecule has 1 N–H and O–H groups in total. The predicted molar refractivity (Wildman–Crippen MR) is 147 cm³/mol. The molecular formula is C32H39NO4. The van der Waals surface area contributed by atoms with Gasteiger partial charge in [-0.1, -0.05) is 92.6 Å². The topological polar surface area (TPSA) is 66.8 Å². The van der Waals surface area contributed by atoms with Gasteiger partial charge >= 0.3 is 5.97 Å². The van der Waals surface area contributed by atoms with Crippen molar-refractivity contribution >= 4 is 17.8 Å². The van der Waals surface area contributed by atoms with Crippen LogP contribution in [0.4, 0.5) is 0 Å². The first kappa shape index (κ1) is 26.9. The molecule has 0 spiro atoms. The summed E-state index contributed by atoms with van der Waals surface area (Å²) in [6.07, 6.45) is 13.9. The second-order valence-electron chi connectivity index (χ2n) is 10.5. The Bertz CT molecular complexity index is 1070. The third-order valence-electron chi connectivity index (χ3n) is 7.67. The fourth-order valence-electron chi connectivity index (χ4n) is 5.30. The van der Waals surface area contributed by atoms with E-state index in [1.807, 2.05) is 54.6 Å². The largest absolute Gasteiger partial charge is 0.479 e. The lowest BCUT2D eigenvalue weighted by atomic mass is 9.79. The van der Waals surface area contributed by atoms with E-state index in [1.54, 1.807) is 0 Å². The number of Topliss-reactive ketones (excluding diaryl/α,β-unsaturated/α-hetero) is 1. The molecule has 1 unspecified atom stereocenters. The van der Waals surface area contributed by atoms with Crippen molar-refractivity contribution in [3.8, 4) is 0 Å². The van der Waals surface area contributed by atoms with E-state index in [9.17, 15) is 14.7 Å². The van der Waals surface area contributed by atoms with Crippen LogP contribution < -0.4 is 0 Å². The molecule has 2 aromatic carbocycles. The van der Waals surface area contributed by atoms with Gasteiger partial charge in [0.25, 0.3) is 0 Å². The van der Waals surface area contributed by atoms with Gasteiger partial charge in [0, 0.05) is 12.5 Å². The van der Waals surface area contributed by atoms with Crippen molar-refractivity contribution in [3.63, 3.8) is 0 Å². The Labute approximate surface area is 220 Å². The lowest BCUT2D eigenvalue weighted by Crippen LogP contribution is -2.39. The van der Waals surface area contributed by atoms with E-state index >= 15 is 0 Å². The van der Waals surface area contributed by atoms with Crippen molar-refractivity contribution in [2.75, 3.05) is 6.54 Å². The van der Waals surface area contributed by atoms with E-state index in [-0.39, 0.29) is 18.6 Å². The van der Waals surface area contributed by atoms with Gasteiger partial charge in [0.2, 0.25) is 0 Å². The van der Waals surface area contributed by atoms with Crippen molar-refractivity contribution in [1.29, 1.82) is 0 Å². The van der Waals surface area contributed by atoms with E-state index in [0.717, 1.165) is 41.9 Å². The number of rotatable bonds is 12. The average molecular weight is 502 g/mol. The number of hydrogen-bond donors (Lipinski definition) is 1. The van der Waals surface area contributed by atoms with Crippen LogP contribution in [-0.4, -0.2) is 40.4 Å². The van der Waals surface area contributed by atoms with Gasteiger partial charge in [-0.2, -0.15) is 0 Å². The Morgan fingerprint density at radius 1 is 1.03 bits per heavy atom. The molecule has 1 fully saturated rings. The smallest absolute Gasteiger partial charge is 0.332 e. The van der Waals surface area contributed by atoms with Gasteiger partial charge < -0.3 is 14.7 Å². The van der Waals surface area contributed by atoms with E-state index in [0.29, 0.717) is 25.2 Å². The van der Waals surface area contributed by atoms with Crippen LogP contribution in [0.15, 0.2) is 72.9 Å². The van der Waals surface area contributed by atoms with Crippen molar-refractivity contribution in [1.82, 2.24) is 4.90 Å². The molecule has 2 atom stereocenters. The molecule has 0 aromatic heterocycles. The number of nitrogens with zero attached hydrogens (tertiary/aromatic N) is 1. The van der Waals surface area contributed by atoms with E-state index in [1.165, 1.54) is 12.8 Å². The fourth-order valence-corrected chi connectivity index (χ4v) is 5.30. The Morgan fingerprint density at radius 2 is 1.76 bits per heavy atom. The van der Waals surface area contributed by atoms with Gasteiger partial charge in [0.1, 0.15) is 0 Å². The van der Waals surface area contributed by atoms with Gasteiger partial charge in [0.05, 0.1) is 12.6 Å². The summed E-state index contributed by atoms with van der Waals surface area (Å²) in [6.45, 7) is 3.26. The zero-order valence-electron chi connectivity index (χ0n) is 21.8. The van der Waals surface area contributed by atoms with Crippen molar-refractivity contribution in [3.05, 3.63) is 89.6 Å². The Hall–Kier alpha value is -3.18. The monoisotopic (exact) mass is 501 g/mol. The quantitative estimate of drug-likeness (QED) is 0.370. The third-order valence-corrected chi connectivity index (χ3v) is 7.67. The fraction of sp³-hybridized carbons (Fsp3) is 0.438. The van der Waals surface area contributed by atoms with Gasteiger partial charge in [-0.05, 0) is 60.9 Å². The molecule has 196 valence electrons. The zero-order valence-corrected chi connectivity index (χ0v) is 21.8. The molecule has 0 radical (unpaired) electrons. The summed E-state index contributed by atoms with van der Waals surface area (Å²) in [5, 5.41) is 9.53. The second kappa shape index (κ2) is 13.4. The Kier molecular flexibility index (Phi) is 9.72. The minimum Gasteiger partial charge on any atom is -0.479 e. The maximum Gasteiger partial charge on any atom is 0.332 e. The van der Waals surface area contributed by atoms with Crippen LogP contribution in [0.2, 0.25) is 0 Å². The number of ketones is 1. The molecule has 1 heterocycles. The first-order valence-electron chi connectivity index (χ1n) is 13.6. The maximum absolute atomic E-state index is 13.1. The molecule has 0 bridgehead atoms. The highest BCUT2D eigenvalue weighted by atomic mass is 16.5. The zero-order chi connectivity index (χ0) is 26.0. The first-order chi connectivity index (χ1) is 18.0. The highest BCUT2D eigenvalue weighted by Crippen LogP contribution is 2.32. The molecule has 5 heteroatoms. The minimum atomic E-state index is -0.929. The maximum atomic E-state index is 13.1. The summed E-state index contributed by atoms with van der Waals surface area (Å²) in [5.74, 6) is 0.460. The SMILES string of the molecule is CC1CCC(C(=O)C2CC=CN2C/C=C/c2ccc(CO[C@@H](CCc3ccccc3)C(=O)O)cc2)CC1. The van der Waals surface area contributed by atoms with Gasteiger partial charge in [-0.15, -0.1) is 0 Å². The van der Waals surface area contributed by atoms with E-state index in [4.69, 9.17) is 4.74 Å². The summed E-state index contributed by atoms with van der Waals surface area (Å²) < 4.78 is 5.73. The Balaban J connectivity index is 1.23. The molecule has 5 nitrogen and oxygen atoms in total. The van der Waals surface area contributed by atoms with Crippen LogP contribution in [-0.2, 0) is 27.4 Å². The van der Waals surface area contributed by atoms with Crippen molar-refractivity contribution in [2.45, 2.75) is 70.6 Å². The molecule has 0 saturated heterocycles. The lowest BCUT2D eigenvalue weighted by Gasteiger charge is -2.30. The number of carboxylic acids is 1. The average Bonchev–Trinajstić information content (AvgIpc) is 3.38. The van der Waals surface area contributed by atoms with E-state index < -0.39 is 12.1 Å². The molecule has 4 rings (SSSR count). The highest BCUT2D eigenvalue weighted by Gasteiger charge is 2.33. The van der Waals surface area contributed by atoms with Crippen LogP contribution in [0.3, 0.4) is 0 Å². The van der Waals surface area contributed by atoms with Gasteiger partial charge in [0.15, 0.2) is 11.9 Å². The predicted octanol–water partition coefficient (Wildman–Crippen LogP) is 6.29. The van der Waals surface area contributed by atoms with Crippen molar-refractivity contribution < 1.29 is 19.4 Å². The number of carbonyl (C=O) groups excluding carboxylic acids is 1. The lowest BCUT2D eigenvalue weighted by molar-refractivity contribution is -0.151. The molecule has 37 heavy (non-hydrogen) atoms. The molecule has 0 amide bonds. The highest BCUT2D eigenvalue weighted by molar-refractivity contribution is 5.87. The summed E-state index contributed by atoms with van der Waals surface area (Å²) >= 11 is 0. The number of carboxylic acid groups (broad SMARTS) is 1. The summed E-state index contributed by atoms with van der Waals surface area (Å²) in [6, 6.07) is 17.8. The standard InChI is InChI=1S/C32H39NO4/c1-24-11-18-28(19-12-24)31(34)29-10-6-22-33(29)21-5-9-26-13-15-27(16-14-26)23-37-30(32(35)36)20-17-25-7-3-2-4-8-25/h2-9,13-16,22,24,28-30H,10-12,17-21,23H2,1H3,(H,35,36)/b9-5+/t24?,28?,29?,30-/m0/s1. The normalized spacial score (nSPS) is 22.4. The number of carbonyl (C=O) groups is 2. The molecule has 1 saturated carbocycles. The van der Waals surface area contributed by atoms with Crippen LogP contribution in [0.5, 0.6) is 0 Å². The van der Waals surface area contributed by atoms with Gasteiger partial charge in [-0.3, -0.25) is 4.79 Å². The summed E-state index contributed by atoms with van der Waals surface area (Å²) in [7, 11) is 0. The first-order valence-corrected chi connectivity index (χ1v) is 13.6. The summed E-state index contributed by atoms with van der Waals surface area (Å²) in [5.41, 5.74) is 3.12. The molecule has 2 aromatic rings. The molecule has 1 aliphatic heterocycles. The summed E-state index contributed by atoms with van der Waals surface area (Å²) in [4.78, 5) is 26.9. The van der Waals surface area contributed by atoms with Crippen LogP contribution in [0.1, 0.15) is 62.1 Å². The van der Waals surface area contributed by atoms with Crippen LogP contribution in [0, 0.1) is 11.8 Å². The molecule has 1 aliphatic carbocycles. The number of benzene rings is 2. The molecule has 2 aliphatic rings. The molecular weight excluding hydrogens is 462 g/mol. The van der Waals surface area contributed by atoms with E-state index in [2.05, 4.69) is 36.3 Å². The number of aliphatic carboxylic acids is 1. The number of hydrogen-bond acceptors (Lipinski definition) is 4. The Morgan fingerprint density at radius 3 is 2.46 bits per heavy atom. The van der Waals surface area contributed by atoms with Gasteiger partial charge in [-0.25, -0.2) is 4.79 Å². The number of ether oxygens (including phenoxy) is 1. The number of aryl methyl sites for hydroxylation is 1.